The Bertz CT molecular complexity index is 926. The number of benzene rings is 2. The molecular formula is C27H39N2O4+. The largest absolute Gasteiger partial charge is 0.490 e. The molecule has 1 atom stereocenters. The maximum absolute atomic E-state index is 11.0. The summed E-state index contributed by atoms with van der Waals surface area (Å²) >= 11 is 0. The molecule has 0 spiro atoms. The number of non-ortho nitro benzene ring substituents is 1. The first kappa shape index (κ1) is 25.2. The first-order chi connectivity index (χ1) is 15.6. The van der Waals surface area contributed by atoms with Gasteiger partial charge < -0.3 is 14.3 Å². The van der Waals surface area contributed by atoms with Crippen LogP contribution in [0.4, 0.5) is 5.69 Å². The summed E-state index contributed by atoms with van der Waals surface area (Å²) in [5, 5.41) is 22.0. The monoisotopic (exact) mass is 455 g/mol. The normalized spacial score (nSPS) is 17.2. The summed E-state index contributed by atoms with van der Waals surface area (Å²) in [5.74, 6) is 0.838. The lowest BCUT2D eigenvalue weighted by Gasteiger charge is -2.39. The van der Waals surface area contributed by atoms with Crippen LogP contribution < -0.4 is 4.74 Å². The van der Waals surface area contributed by atoms with Gasteiger partial charge >= 0.3 is 0 Å². The van der Waals surface area contributed by atoms with Crippen molar-refractivity contribution in [2.75, 3.05) is 26.2 Å². The van der Waals surface area contributed by atoms with Crippen LogP contribution in [0.25, 0.3) is 0 Å². The number of rotatable bonds is 8. The van der Waals surface area contributed by atoms with E-state index >= 15 is 0 Å². The highest BCUT2D eigenvalue weighted by molar-refractivity contribution is 5.41. The molecule has 1 N–H and O–H groups in total. The van der Waals surface area contributed by atoms with Gasteiger partial charge in [0.25, 0.3) is 5.69 Å². The Morgan fingerprint density at radius 3 is 2.27 bits per heavy atom. The summed E-state index contributed by atoms with van der Waals surface area (Å²) in [5.41, 5.74) is 3.50. The van der Waals surface area contributed by atoms with Gasteiger partial charge in [-0.15, -0.1) is 0 Å². The number of nitrogens with zero attached hydrogens (tertiary/aromatic N) is 2. The van der Waals surface area contributed by atoms with Crippen LogP contribution in [0, 0.1) is 17.0 Å². The maximum Gasteiger partial charge on any atom is 0.269 e. The molecule has 0 saturated carbocycles. The van der Waals surface area contributed by atoms with Crippen molar-refractivity contribution >= 4 is 5.69 Å². The Balaban J connectivity index is 1.72. The summed E-state index contributed by atoms with van der Waals surface area (Å²) < 4.78 is 6.95. The quantitative estimate of drug-likeness (QED) is 0.323. The summed E-state index contributed by atoms with van der Waals surface area (Å²) in [6.45, 7) is 12.3. The van der Waals surface area contributed by atoms with Crippen LogP contribution in [0.5, 0.6) is 5.75 Å². The van der Waals surface area contributed by atoms with Gasteiger partial charge in [0.1, 0.15) is 31.5 Å². The molecule has 33 heavy (non-hydrogen) atoms. The predicted octanol–water partition coefficient (Wildman–Crippen LogP) is 5.53. The molecule has 0 radical (unpaired) electrons. The van der Waals surface area contributed by atoms with Crippen LogP contribution in [0.3, 0.4) is 0 Å². The fourth-order valence-corrected chi connectivity index (χ4v) is 4.92. The molecule has 1 unspecified atom stereocenters. The molecule has 180 valence electrons. The van der Waals surface area contributed by atoms with Crippen LogP contribution >= 0.6 is 0 Å². The zero-order chi connectivity index (χ0) is 24.1. The number of hydrogen-bond donors (Lipinski definition) is 1. The lowest BCUT2D eigenvalue weighted by Crippen LogP contribution is -2.53. The molecule has 2 aromatic carbocycles. The molecule has 0 bridgehead atoms. The average Bonchev–Trinajstić information content (AvgIpc) is 2.98. The molecule has 0 aliphatic carbocycles. The molecule has 1 heterocycles. The molecule has 1 fully saturated rings. The van der Waals surface area contributed by atoms with E-state index in [4.69, 9.17) is 4.74 Å². The highest BCUT2D eigenvalue weighted by atomic mass is 16.6. The van der Waals surface area contributed by atoms with Gasteiger partial charge in [0, 0.05) is 17.7 Å². The minimum Gasteiger partial charge on any atom is -0.490 e. The van der Waals surface area contributed by atoms with Crippen LogP contribution in [-0.2, 0) is 12.0 Å². The van der Waals surface area contributed by atoms with Gasteiger partial charge in [-0.25, -0.2) is 0 Å². The summed E-state index contributed by atoms with van der Waals surface area (Å²) in [6.07, 6.45) is 4.10. The van der Waals surface area contributed by atoms with Crippen molar-refractivity contribution in [2.45, 2.75) is 71.4 Å². The molecule has 3 rings (SSSR count). The first-order valence-electron chi connectivity index (χ1n) is 12.1. The van der Waals surface area contributed by atoms with E-state index < -0.39 is 6.10 Å². The van der Waals surface area contributed by atoms with Gasteiger partial charge in [-0.1, -0.05) is 38.5 Å². The SMILES string of the molecule is Cc1ccc(OCC(O)C[N+]2(Cc3ccc([N+](=O)[O-])cc3)CCCCCC2)c(C(C)(C)C)c1. The van der Waals surface area contributed by atoms with Crippen molar-refractivity contribution in [2.24, 2.45) is 0 Å². The number of aryl methyl sites for hydroxylation is 1. The molecule has 0 aromatic heterocycles. The van der Waals surface area contributed by atoms with Crippen LogP contribution in [0.15, 0.2) is 42.5 Å². The molecular weight excluding hydrogens is 416 g/mol. The zero-order valence-corrected chi connectivity index (χ0v) is 20.5. The van der Waals surface area contributed by atoms with E-state index in [0.717, 1.165) is 53.8 Å². The third-order valence-electron chi connectivity index (χ3n) is 6.65. The highest BCUT2D eigenvalue weighted by Gasteiger charge is 2.32. The van der Waals surface area contributed by atoms with Gasteiger partial charge in [0.15, 0.2) is 0 Å². The topological polar surface area (TPSA) is 72.6 Å². The van der Waals surface area contributed by atoms with Crippen molar-refractivity contribution in [3.8, 4) is 5.75 Å². The van der Waals surface area contributed by atoms with Crippen LogP contribution in [0.1, 0.15) is 63.1 Å². The summed E-state index contributed by atoms with van der Waals surface area (Å²) in [7, 11) is 0. The fourth-order valence-electron chi connectivity index (χ4n) is 4.92. The number of ether oxygens (including phenoxy) is 1. The van der Waals surface area contributed by atoms with Gasteiger partial charge in [-0.05, 0) is 61.8 Å². The third kappa shape index (κ3) is 7.02. The number of quaternary nitrogens is 1. The predicted molar refractivity (Wildman–Crippen MR) is 132 cm³/mol. The van der Waals surface area contributed by atoms with Crippen LogP contribution in [-0.4, -0.2) is 46.9 Å². The smallest absolute Gasteiger partial charge is 0.269 e. The Kier molecular flexibility index (Phi) is 8.14. The number of aliphatic hydroxyl groups is 1. The van der Waals surface area contributed by atoms with Crippen molar-refractivity contribution in [1.82, 2.24) is 0 Å². The van der Waals surface area contributed by atoms with Gasteiger partial charge in [-0.3, -0.25) is 10.1 Å². The second kappa shape index (κ2) is 10.7. The second-order valence-electron chi connectivity index (χ2n) is 10.7. The summed E-state index contributed by atoms with van der Waals surface area (Å²) in [4.78, 5) is 10.6. The average molecular weight is 456 g/mol. The number of nitro groups is 1. The number of likely N-dealkylation sites (tertiary alicyclic amines) is 1. The molecule has 0 amide bonds. The van der Waals surface area contributed by atoms with Gasteiger partial charge in [0.2, 0.25) is 0 Å². The molecule has 1 aliphatic heterocycles. The Morgan fingerprint density at radius 2 is 1.70 bits per heavy atom. The lowest BCUT2D eigenvalue weighted by atomic mass is 9.85. The molecule has 6 heteroatoms. The van der Waals surface area contributed by atoms with Crippen molar-refractivity contribution < 1.29 is 19.2 Å². The van der Waals surface area contributed by atoms with E-state index in [1.807, 2.05) is 18.2 Å². The molecule has 6 nitrogen and oxygen atoms in total. The lowest BCUT2D eigenvalue weighted by molar-refractivity contribution is -0.942. The number of hydrogen-bond acceptors (Lipinski definition) is 4. The first-order valence-corrected chi connectivity index (χ1v) is 12.1. The summed E-state index contributed by atoms with van der Waals surface area (Å²) in [6, 6.07) is 13.1. The van der Waals surface area contributed by atoms with Gasteiger partial charge in [-0.2, -0.15) is 0 Å². The standard InChI is InChI=1S/C27H39N2O4/c1-21-9-14-26(25(17-21)27(2,3)4)33-20-24(30)19-29(15-7-5-6-8-16-29)18-22-10-12-23(13-11-22)28(31)32/h9-14,17,24,30H,5-8,15-16,18-20H2,1-4H3/q+1. The van der Waals surface area contributed by atoms with Crippen LogP contribution in [0.2, 0.25) is 0 Å². The van der Waals surface area contributed by atoms with E-state index in [1.165, 1.54) is 18.4 Å². The van der Waals surface area contributed by atoms with Crippen molar-refractivity contribution in [3.05, 3.63) is 69.3 Å². The highest BCUT2D eigenvalue weighted by Crippen LogP contribution is 2.32. The Labute approximate surface area is 197 Å². The zero-order valence-electron chi connectivity index (χ0n) is 20.5. The number of nitro benzene ring substituents is 1. The van der Waals surface area contributed by atoms with E-state index in [1.54, 1.807) is 12.1 Å². The molecule has 1 saturated heterocycles. The van der Waals surface area contributed by atoms with E-state index in [2.05, 4.69) is 39.8 Å². The number of aliphatic hydroxyl groups excluding tert-OH is 1. The van der Waals surface area contributed by atoms with E-state index in [0.29, 0.717) is 6.54 Å². The van der Waals surface area contributed by atoms with Crippen molar-refractivity contribution in [3.63, 3.8) is 0 Å². The molecule has 2 aromatic rings. The Hall–Kier alpha value is -2.44. The van der Waals surface area contributed by atoms with E-state index in [9.17, 15) is 15.2 Å². The maximum atomic E-state index is 11.0. The Morgan fingerprint density at radius 1 is 1.06 bits per heavy atom. The minimum atomic E-state index is -0.588. The molecule has 1 aliphatic rings. The van der Waals surface area contributed by atoms with E-state index in [-0.39, 0.29) is 22.6 Å². The second-order valence-corrected chi connectivity index (χ2v) is 10.7. The minimum absolute atomic E-state index is 0.0409. The van der Waals surface area contributed by atoms with Crippen molar-refractivity contribution in [1.29, 1.82) is 0 Å². The third-order valence-corrected chi connectivity index (χ3v) is 6.65. The van der Waals surface area contributed by atoms with Gasteiger partial charge in [0.05, 0.1) is 18.0 Å². The fraction of sp³-hybridized carbons (Fsp3) is 0.556.